The zero-order chi connectivity index (χ0) is 46.4. The highest BCUT2D eigenvalue weighted by atomic mass is 15.5. The van der Waals surface area contributed by atoms with Gasteiger partial charge in [-0.1, -0.05) is 126 Å². The van der Waals surface area contributed by atoms with Gasteiger partial charge < -0.3 is 9.13 Å². The first-order chi connectivity index (χ1) is 33.2. The normalized spacial score (nSPS) is 12.6. The summed E-state index contributed by atoms with van der Waals surface area (Å²) in [6, 6.07) is 51.9. The van der Waals surface area contributed by atoms with Crippen LogP contribution in [-0.2, 0) is 0 Å². The van der Waals surface area contributed by atoms with Crippen molar-refractivity contribution in [2.75, 3.05) is 0 Å². The molecule has 8 radical (unpaired) electrons. The average Bonchev–Trinajstić information content (AvgIpc) is 4.17. The molecule has 0 atom stereocenters. The lowest BCUT2D eigenvalue weighted by atomic mass is 9.64. The number of hydrogen-bond acceptors (Lipinski definition) is 6. The number of benzene rings is 7. The van der Waals surface area contributed by atoms with Crippen LogP contribution in [0.3, 0.4) is 0 Å². The number of aromatic amines is 1. The van der Waals surface area contributed by atoms with Crippen LogP contribution in [0.1, 0.15) is 31.4 Å². The molecule has 11 nitrogen and oxygen atoms in total. The highest BCUT2D eigenvalue weighted by Crippen LogP contribution is 2.39. The van der Waals surface area contributed by atoms with Crippen molar-refractivity contribution >= 4 is 114 Å². The van der Waals surface area contributed by atoms with Crippen LogP contribution in [-0.4, -0.2) is 74.7 Å². The maximum atomic E-state index is 10.1. The molecule has 0 unspecified atom stereocenters. The van der Waals surface area contributed by atoms with Gasteiger partial charge in [0.25, 0.3) is 5.78 Å². The van der Waals surface area contributed by atoms with Crippen LogP contribution in [0, 0.1) is 11.3 Å². The van der Waals surface area contributed by atoms with Crippen molar-refractivity contribution in [1.82, 2.24) is 43.3 Å². The monoisotopic (exact) mass is 867 g/mol. The van der Waals surface area contributed by atoms with Gasteiger partial charge in [0.15, 0.2) is 11.6 Å². The van der Waals surface area contributed by atoms with E-state index in [0.29, 0.717) is 18.0 Å². The molecule has 0 aliphatic heterocycles. The molecule has 1 N–H and O–H groups in total. The van der Waals surface area contributed by atoms with Crippen LogP contribution in [0.15, 0.2) is 156 Å². The summed E-state index contributed by atoms with van der Waals surface area (Å²) in [6.45, 7) is 4.19. The minimum Gasteiger partial charge on any atom is -0.309 e. The van der Waals surface area contributed by atoms with E-state index in [0.717, 1.165) is 77.4 Å². The minimum atomic E-state index is -0.0252. The maximum Gasteiger partial charge on any atom is 0.260 e. The SMILES string of the molecule is [B]c1c([B])c(C#N)c([B])c(-c2nc3n(n2)c(=N/C(=C(\C)CC)c2cccc4c5ccccc5n(-c5ccccc5)c24)[nH]c2nc(-c4cccc5c6ccccc6n(-c6ccccc6)c45)nn23)c1[B]. The first-order valence-corrected chi connectivity index (χ1v) is 22.1. The van der Waals surface area contributed by atoms with E-state index in [1.165, 1.54) is 0 Å². The standard InChI is InChI=1S/C53H33B4N11/c1-3-29(2)46(36-24-14-22-34-32-20-10-12-26-39(32)65(47(34)36)30-16-6-4-7-17-30)59-51-62-52-60-49(37-25-15-23-35-33-21-11-13-27-40(33)66(48(35)37)31-18-8-5-9-19-31)63-68(52)53-61-50(64-67(51)53)41-42(54)38(28-58)43(55)45(57)44(41)56/h4-27H,3H2,1-2H3,(H,59,60,62,63)/b46-29+. The van der Waals surface area contributed by atoms with Crippen LogP contribution in [0.25, 0.3) is 95.0 Å². The number of H-pyrrole nitrogens is 1. The Bertz CT molecular complexity index is 4210. The van der Waals surface area contributed by atoms with Gasteiger partial charge in [0.2, 0.25) is 11.4 Å². The van der Waals surface area contributed by atoms with Crippen molar-refractivity contribution < 1.29 is 0 Å². The number of nitrogens with one attached hydrogen (secondary N) is 1. The number of aromatic nitrogens is 9. The Kier molecular flexibility index (Phi) is 9.48. The number of para-hydroxylation sites is 6. The van der Waals surface area contributed by atoms with E-state index < -0.39 is 0 Å². The average molecular weight is 867 g/mol. The number of nitriles is 1. The summed E-state index contributed by atoms with van der Waals surface area (Å²) in [6.07, 6.45) is 0.692. The molecule has 12 aromatic rings. The number of nitrogens with zero attached hydrogens (tertiary/aromatic N) is 10. The molecule has 0 saturated heterocycles. The van der Waals surface area contributed by atoms with E-state index in [4.69, 9.17) is 56.5 Å². The zero-order valence-corrected chi connectivity index (χ0v) is 36.8. The molecule has 68 heavy (non-hydrogen) atoms. The van der Waals surface area contributed by atoms with E-state index in [1.54, 1.807) is 9.03 Å². The largest absolute Gasteiger partial charge is 0.309 e. The van der Waals surface area contributed by atoms with Crippen molar-refractivity contribution in [3.05, 3.63) is 168 Å². The van der Waals surface area contributed by atoms with Crippen LogP contribution in [0.4, 0.5) is 0 Å². The second-order valence-electron chi connectivity index (χ2n) is 16.7. The molecule has 0 fully saturated rings. The third kappa shape index (κ3) is 6.07. The number of allylic oxidation sites excluding steroid dienone is 1. The number of fused-ring (bicyclic) bond motifs is 9. The smallest absolute Gasteiger partial charge is 0.260 e. The second kappa shape index (κ2) is 15.8. The van der Waals surface area contributed by atoms with Crippen molar-refractivity contribution in [1.29, 1.82) is 5.26 Å². The predicted octanol–water partition coefficient (Wildman–Crippen LogP) is 6.42. The summed E-state index contributed by atoms with van der Waals surface area (Å²) in [7, 11) is 25.9. The van der Waals surface area contributed by atoms with Gasteiger partial charge in [-0.15, -0.1) is 15.7 Å². The molecule has 0 aliphatic rings. The molecule has 5 heterocycles. The van der Waals surface area contributed by atoms with E-state index >= 15 is 0 Å². The van der Waals surface area contributed by atoms with Gasteiger partial charge in [-0.05, 0) is 61.4 Å². The fourth-order valence-electron chi connectivity index (χ4n) is 9.51. The van der Waals surface area contributed by atoms with Crippen molar-refractivity contribution in [2.45, 2.75) is 20.3 Å². The van der Waals surface area contributed by atoms with Gasteiger partial charge in [0.1, 0.15) is 31.4 Å². The van der Waals surface area contributed by atoms with Crippen LogP contribution in [0.5, 0.6) is 0 Å². The minimum absolute atomic E-state index is 0.00172. The molecule has 0 bridgehead atoms. The lowest BCUT2D eigenvalue weighted by molar-refractivity contribution is 0.787. The fraction of sp³-hybridized carbons (Fsp3) is 0.0566. The lowest BCUT2D eigenvalue weighted by Crippen LogP contribution is -2.47. The Morgan fingerprint density at radius 2 is 1.18 bits per heavy atom. The predicted molar refractivity (Wildman–Crippen MR) is 275 cm³/mol. The Labute approximate surface area is 394 Å². The molecule has 0 spiro atoms. The highest BCUT2D eigenvalue weighted by Gasteiger charge is 2.24. The van der Waals surface area contributed by atoms with Crippen molar-refractivity contribution in [2.24, 2.45) is 4.99 Å². The van der Waals surface area contributed by atoms with E-state index in [-0.39, 0.29) is 50.2 Å². The van der Waals surface area contributed by atoms with Crippen molar-refractivity contribution in [3.63, 3.8) is 0 Å². The lowest BCUT2D eigenvalue weighted by Gasteiger charge is -2.16. The molecule has 7 aromatic carbocycles. The first-order valence-electron chi connectivity index (χ1n) is 22.1. The molecule has 12 rings (SSSR count). The fourth-order valence-corrected chi connectivity index (χ4v) is 9.51. The molecule has 15 heteroatoms. The Morgan fingerprint density at radius 1 is 0.603 bits per heavy atom. The van der Waals surface area contributed by atoms with Crippen LogP contribution < -0.4 is 27.5 Å². The van der Waals surface area contributed by atoms with E-state index in [1.807, 2.05) is 60.7 Å². The Hall–Kier alpha value is -8.62. The summed E-state index contributed by atoms with van der Waals surface area (Å²) in [5.74, 6) is 1.08. The second-order valence-corrected chi connectivity index (χ2v) is 16.7. The van der Waals surface area contributed by atoms with Crippen LogP contribution >= 0.6 is 0 Å². The molecule has 5 aromatic heterocycles. The maximum absolute atomic E-state index is 10.1. The van der Waals surface area contributed by atoms with E-state index in [9.17, 15) is 5.26 Å². The quantitative estimate of drug-likeness (QED) is 0.186. The van der Waals surface area contributed by atoms with Crippen LogP contribution in [0.2, 0.25) is 0 Å². The third-order valence-electron chi connectivity index (χ3n) is 12.9. The molecular formula is C53H33B4N11. The summed E-state index contributed by atoms with van der Waals surface area (Å²) in [5, 5.41) is 24.6. The molecule has 0 aliphatic carbocycles. The van der Waals surface area contributed by atoms with Gasteiger partial charge >= 0.3 is 0 Å². The molecular weight excluding hydrogens is 834 g/mol. The van der Waals surface area contributed by atoms with Gasteiger partial charge in [0.05, 0.1) is 33.8 Å². The summed E-state index contributed by atoms with van der Waals surface area (Å²) < 4.78 is 7.67. The molecule has 0 amide bonds. The van der Waals surface area contributed by atoms with Gasteiger partial charge in [-0.3, -0.25) is 4.98 Å². The van der Waals surface area contributed by atoms with Gasteiger partial charge in [0, 0.05) is 55.2 Å². The van der Waals surface area contributed by atoms with Gasteiger partial charge in [-0.2, -0.15) is 24.3 Å². The number of rotatable bonds is 7. The summed E-state index contributed by atoms with van der Waals surface area (Å²) in [5.41, 5.74) is 9.92. The van der Waals surface area contributed by atoms with Gasteiger partial charge in [-0.25, -0.2) is 4.99 Å². The highest BCUT2D eigenvalue weighted by molar-refractivity contribution is 6.62. The first kappa shape index (κ1) is 40.9. The molecule has 0 saturated carbocycles. The number of hydrogen-bond donors (Lipinski definition) is 1. The third-order valence-corrected chi connectivity index (χ3v) is 12.9. The zero-order valence-electron chi connectivity index (χ0n) is 36.8. The topological polar surface area (TPSA) is 122 Å². The van der Waals surface area contributed by atoms with E-state index in [2.05, 4.69) is 119 Å². The molecule has 312 valence electrons. The Morgan fingerprint density at radius 3 is 1.82 bits per heavy atom. The summed E-state index contributed by atoms with van der Waals surface area (Å²) >= 11 is 0. The Balaban J connectivity index is 1.17. The van der Waals surface area contributed by atoms with Crippen molar-refractivity contribution in [3.8, 4) is 40.2 Å². The summed E-state index contributed by atoms with van der Waals surface area (Å²) in [4.78, 5) is 19.2.